The minimum absolute atomic E-state index is 0.0452. The van der Waals surface area contributed by atoms with Gasteiger partial charge in [0.25, 0.3) is 0 Å². The third-order valence-electron chi connectivity index (χ3n) is 2.17. The zero-order chi connectivity index (χ0) is 15.1. The summed E-state index contributed by atoms with van der Waals surface area (Å²) in [6.07, 6.45) is 0. The van der Waals surface area contributed by atoms with E-state index in [2.05, 4.69) is 10.2 Å². The number of esters is 1. The van der Waals surface area contributed by atoms with E-state index in [-0.39, 0.29) is 29.4 Å². The summed E-state index contributed by atoms with van der Waals surface area (Å²) in [6, 6.07) is 5.71. The normalized spacial score (nSPS) is 14.0. The second kappa shape index (κ2) is 7.34. The van der Waals surface area contributed by atoms with Gasteiger partial charge in [-0.3, -0.25) is 0 Å². The summed E-state index contributed by atoms with van der Waals surface area (Å²) in [6.45, 7) is 3.04. The summed E-state index contributed by atoms with van der Waals surface area (Å²) in [5, 5.41) is 35.2. The predicted octanol–water partition coefficient (Wildman–Crippen LogP) is 1.53. The molecule has 1 unspecified atom stereocenters. The summed E-state index contributed by atoms with van der Waals surface area (Å²) < 4.78 is 4.71. The molecule has 3 N–H and O–H groups in total. The van der Waals surface area contributed by atoms with E-state index in [1.807, 2.05) is 0 Å². The smallest absolute Gasteiger partial charge is 0.362 e. The molecule has 8 nitrogen and oxygen atoms in total. The van der Waals surface area contributed by atoms with Crippen molar-refractivity contribution in [2.45, 2.75) is 13.8 Å². The van der Waals surface area contributed by atoms with Gasteiger partial charge in [0.15, 0.2) is 5.69 Å². The number of carbonyl (C=O) groups is 1. The highest BCUT2D eigenvalue weighted by atomic mass is 16.8. The van der Waals surface area contributed by atoms with Gasteiger partial charge in [0.05, 0.1) is 12.3 Å². The van der Waals surface area contributed by atoms with Crippen LogP contribution in [0.5, 0.6) is 0 Å². The lowest BCUT2D eigenvalue weighted by atomic mass is 10.3. The molecule has 20 heavy (non-hydrogen) atoms. The molecule has 0 heterocycles. The minimum atomic E-state index is -1.10. The summed E-state index contributed by atoms with van der Waals surface area (Å²) >= 11 is 0. The van der Waals surface area contributed by atoms with Crippen molar-refractivity contribution in [3.63, 3.8) is 0 Å². The fourth-order valence-corrected chi connectivity index (χ4v) is 1.27. The Balaban J connectivity index is 2.97. The number of benzene rings is 1. The lowest BCUT2D eigenvalue weighted by molar-refractivity contribution is -0.991. The third kappa shape index (κ3) is 4.43. The SMILES string of the molecule is CCOC(=O)C(N=Nc1cccc([NH+]([O-])O)c1)=C(C)O. The molecule has 0 fully saturated rings. The number of aliphatic hydroxyl groups excluding tert-OH is 1. The molecule has 1 aromatic carbocycles. The van der Waals surface area contributed by atoms with Gasteiger partial charge in [-0.1, -0.05) is 6.07 Å². The predicted molar refractivity (Wildman–Crippen MR) is 68.7 cm³/mol. The molecule has 1 rings (SSSR count). The lowest BCUT2D eigenvalue weighted by Gasteiger charge is -2.10. The second-order valence-corrected chi connectivity index (χ2v) is 3.71. The van der Waals surface area contributed by atoms with Crippen molar-refractivity contribution in [3.8, 4) is 0 Å². The fraction of sp³-hybridized carbons (Fsp3) is 0.250. The largest absolute Gasteiger partial charge is 0.595 e. The first-order valence-electron chi connectivity index (χ1n) is 5.77. The molecule has 0 amide bonds. The average molecular weight is 281 g/mol. The van der Waals surface area contributed by atoms with E-state index in [0.29, 0.717) is 0 Å². The van der Waals surface area contributed by atoms with Crippen molar-refractivity contribution in [3.05, 3.63) is 40.9 Å². The van der Waals surface area contributed by atoms with Crippen molar-refractivity contribution in [2.24, 2.45) is 10.2 Å². The molecule has 0 saturated carbocycles. The zero-order valence-corrected chi connectivity index (χ0v) is 11.0. The van der Waals surface area contributed by atoms with Crippen LogP contribution in [0.4, 0.5) is 11.4 Å². The summed E-state index contributed by atoms with van der Waals surface area (Å²) in [4.78, 5) is 11.5. The molecule has 0 saturated heterocycles. The van der Waals surface area contributed by atoms with Crippen LogP contribution >= 0.6 is 0 Å². The highest BCUT2D eigenvalue weighted by Crippen LogP contribution is 2.18. The Bertz CT molecular complexity index is 536. The first-order valence-corrected chi connectivity index (χ1v) is 5.77. The van der Waals surface area contributed by atoms with Crippen molar-refractivity contribution in [2.75, 3.05) is 6.61 Å². The summed E-state index contributed by atoms with van der Waals surface area (Å²) in [7, 11) is 0. The lowest BCUT2D eigenvalue weighted by Crippen LogP contribution is -2.99. The minimum Gasteiger partial charge on any atom is -0.595 e. The number of nitrogens with one attached hydrogen (secondary N) is 1. The Hall–Kier alpha value is -2.29. The van der Waals surface area contributed by atoms with E-state index >= 15 is 0 Å². The Morgan fingerprint density at radius 1 is 1.50 bits per heavy atom. The van der Waals surface area contributed by atoms with Gasteiger partial charge in [0.1, 0.15) is 5.76 Å². The van der Waals surface area contributed by atoms with Crippen LogP contribution < -0.4 is 5.23 Å². The third-order valence-corrected chi connectivity index (χ3v) is 2.17. The maximum atomic E-state index is 11.5. The fourth-order valence-electron chi connectivity index (χ4n) is 1.27. The number of carbonyl (C=O) groups excluding carboxylic acids is 1. The maximum absolute atomic E-state index is 11.5. The number of rotatable bonds is 5. The maximum Gasteiger partial charge on any atom is 0.362 e. The van der Waals surface area contributed by atoms with Crippen LogP contribution in [0.3, 0.4) is 0 Å². The Labute approximate surface area is 115 Å². The molecule has 8 heteroatoms. The Kier molecular flexibility index (Phi) is 5.78. The van der Waals surface area contributed by atoms with Gasteiger partial charge in [-0.15, -0.1) is 10.2 Å². The van der Waals surface area contributed by atoms with E-state index in [0.717, 1.165) is 0 Å². The van der Waals surface area contributed by atoms with Crippen LogP contribution in [0.2, 0.25) is 0 Å². The Morgan fingerprint density at radius 3 is 2.75 bits per heavy atom. The molecule has 0 radical (unpaired) electrons. The van der Waals surface area contributed by atoms with Crippen molar-refractivity contribution in [1.82, 2.24) is 0 Å². The number of hydrogen-bond acceptors (Lipinski definition) is 7. The average Bonchev–Trinajstić information content (AvgIpc) is 2.39. The van der Waals surface area contributed by atoms with Crippen molar-refractivity contribution < 1.29 is 25.1 Å². The molecule has 108 valence electrons. The standard InChI is InChI=1S/C12H15N3O5/c1-3-20-12(17)11(8(2)16)14-13-9-5-4-6-10(7-9)15(18)19/h4-7,15-16,18H,3H2,1-2H3. The van der Waals surface area contributed by atoms with Gasteiger partial charge in [-0.25, -0.2) is 10.0 Å². The van der Waals surface area contributed by atoms with Crippen LogP contribution in [0, 0.1) is 5.21 Å². The van der Waals surface area contributed by atoms with E-state index in [1.54, 1.807) is 6.92 Å². The first kappa shape index (κ1) is 15.8. The number of aliphatic hydroxyl groups is 1. The second-order valence-electron chi connectivity index (χ2n) is 3.71. The molecule has 0 aliphatic carbocycles. The number of allylic oxidation sites excluding steroid dienone is 1. The zero-order valence-electron chi connectivity index (χ0n) is 11.0. The van der Waals surface area contributed by atoms with Gasteiger partial charge >= 0.3 is 5.97 Å². The van der Waals surface area contributed by atoms with Gasteiger partial charge in [0, 0.05) is 12.1 Å². The molecule has 1 aromatic rings. The molecule has 0 aromatic heterocycles. The highest BCUT2D eigenvalue weighted by molar-refractivity contribution is 5.88. The molecule has 0 spiro atoms. The van der Waals surface area contributed by atoms with Crippen LogP contribution in [0.15, 0.2) is 46.0 Å². The van der Waals surface area contributed by atoms with Gasteiger partial charge in [-0.05, 0) is 19.9 Å². The van der Waals surface area contributed by atoms with Crippen LogP contribution in [0.1, 0.15) is 13.8 Å². The van der Waals surface area contributed by atoms with Gasteiger partial charge < -0.3 is 15.1 Å². The van der Waals surface area contributed by atoms with E-state index in [9.17, 15) is 15.1 Å². The topological polar surface area (TPSA) is 119 Å². The quantitative estimate of drug-likeness (QED) is 0.248. The number of quaternary nitrogens is 1. The number of nitrogens with zero attached hydrogens (tertiary/aromatic N) is 2. The number of hydrogen-bond donors (Lipinski definition) is 3. The monoisotopic (exact) mass is 281 g/mol. The van der Waals surface area contributed by atoms with E-state index in [1.165, 1.54) is 31.2 Å². The molecular weight excluding hydrogens is 266 g/mol. The van der Waals surface area contributed by atoms with Crippen molar-refractivity contribution >= 4 is 17.3 Å². The summed E-state index contributed by atoms with van der Waals surface area (Å²) in [5.41, 5.74) is -0.0376. The molecular formula is C12H15N3O5. The van der Waals surface area contributed by atoms with Crippen molar-refractivity contribution in [1.29, 1.82) is 0 Å². The number of azo groups is 1. The van der Waals surface area contributed by atoms with E-state index in [4.69, 9.17) is 9.94 Å². The number of ether oxygens (including phenoxy) is 1. The van der Waals surface area contributed by atoms with Gasteiger partial charge in [-0.2, -0.15) is 5.23 Å². The summed E-state index contributed by atoms with van der Waals surface area (Å²) in [5.74, 6) is -1.13. The van der Waals surface area contributed by atoms with E-state index < -0.39 is 11.2 Å². The molecule has 0 bridgehead atoms. The highest BCUT2D eigenvalue weighted by Gasteiger charge is 2.13. The van der Waals surface area contributed by atoms with Crippen LogP contribution in [-0.2, 0) is 9.53 Å². The van der Waals surface area contributed by atoms with Crippen LogP contribution in [-0.4, -0.2) is 22.9 Å². The molecule has 0 aliphatic rings. The first-order chi connectivity index (χ1) is 9.45. The molecule has 0 aliphatic heterocycles. The van der Waals surface area contributed by atoms with Gasteiger partial charge in [0.2, 0.25) is 5.70 Å². The Morgan fingerprint density at radius 2 is 2.20 bits per heavy atom. The van der Waals surface area contributed by atoms with Crippen LogP contribution in [0.25, 0.3) is 0 Å². The molecule has 1 atom stereocenters.